The van der Waals surface area contributed by atoms with Crippen LogP contribution in [0, 0.1) is 0 Å². The maximum absolute atomic E-state index is 11.7. The van der Waals surface area contributed by atoms with Crippen LogP contribution in [-0.2, 0) is 9.59 Å². The summed E-state index contributed by atoms with van der Waals surface area (Å²) >= 11 is 1.66. The van der Waals surface area contributed by atoms with Crippen molar-refractivity contribution in [1.82, 2.24) is 4.90 Å². The largest absolute Gasteiger partial charge is 0.285 e. The summed E-state index contributed by atoms with van der Waals surface area (Å²) in [4.78, 5) is 24.3. The predicted molar refractivity (Wildman–Crippen MR) is 62.8 cm³/mol. The Balaban J connectivity index is 2.68. The molecule has 1 saturated heterocycles. The molecule has 1 unspecified atom stereocenters. The molecule has 0 N–H and O–H groups in total. The Bertz CT molecular complexity index is 274. The quantitative estimate of drug-likeness (QED) is 0.692. The van der Waals surface area contributed by atoms with E-state index < -0.39 is 0 Å². The standard InChI is InChI=1S/C11H19NO2S/c1-5-11(3,6-2)15-8-7-9(13)12(4)10(8)14/h8H,5-7H2,1-4H3. The van der Waals surface area contributed by atoms with Crippen LogP contribution in [0.1, 0.15) is 40.0 Å². The van der Waals surface area contributed by atoms with Crippen molar-refractivity contribution in [2.75, 3.05) is 7.05 Å². The Morgan fingerprint density at radius 1 is 1.40 bits per heavy atom. The Labute approximate surface area is 95.6 Å². The minimum absolute atomic E-state index is 0.0295. The SMILES string of the molecule is CCC(C)(CC)SC1CC(=O)N(C)C1=O. The third-order valence-corrected chi connectivity index (χ3v) is 5.06. The Morgan fingerprint density at radius 3 is 2.27 bits per heavy atom. The van der Waals surface area contributed by atoms with Gasteiger partial charge in [-0.25, -0.2) is 0 Å². The van der Waals surface area contributed by atoms with Crippen molar-refractivity contribution in [2.45, 2.75) is 50.0 Å². The Morgan fingerprint density at radius 2 is 1.93 bits per heavy atom. The van der Waals surface area contributed by atoms with Gasteiger partial charge in [-0.05, 0) is 12.8 Å². The number of hydrogen-bond acceptors (Lipinski definition) is 3. The highest BCUT2D eigenvalue weighted by molar-refractivity contribution is 8.02. The lowest BCUT2D eigenvalue weighted by Crippen LogP contribution is -2.29. The average Bonchev–Trinajstić information content (AvgIpc) is 2.46. The van der Waals surface area contributed by atoms with Crippen LogP contribution < -0.4 is 0 Å². The summed E-state index contributed by atoms with van der Waals surface area (Å²) in [5.41, 5.74) is 0. The minimum Gasteiger partial charge on any atom is -0.285 e. The van der Waals surface area contributed by atoms with Crippen molar-refractivity contribution < 1.29 is 9.59 Å². The molecule has 1 aliphatic rings. The number of amides is 2. The second-order valence-corrected chi connectivity index (χ2v) is 6.05. The van der Waals surface area contributed by atoms with Crippen molar-refractivity contribution in [3.63, 3.8) is 0 Å². The van der Waals surface area contributed by atoms with Crippen molar-refractivity contribution >= 4 is 23.6 Å². The first kappa shape index (κ1) is 12.6. The Hall–Kier alpha value is -0.510. The minimum atomic E-state index is -0.160. The summed E-state index contributed by atoms with van der Waals surface area (Å²) < 4.78 is 0.117. The van der Waals surface area contributed by atoms with Gasteiger partial charge >= 0.3 is 0 Å². The lowest BCUT2D eigenvalue weighted by atomic mass is 10.1. The number of likely N-dealkylation sites (tertiary alicyclic amines) is 1. The number of thioether (sulfide) groups is 1. The maximum atomic E-state index is 11.7. The third-order valence-electron chi connectivity index (χ3n) is 3.26. The zero-order chi connectivity index (χ0) is 11.6. The molecule has 0 aliphatic carbocycles. The first-order valence-corrected chi connectivity index (χ1v) is 6.29. The average molecular weight is 229 g/mol. The molecule has 0 aromatic heterocycles. The van der Waals surface area contributed by atoms with Crippen molar-refractivity contribution in [1.29, 1.82) is 0 Å². The molecule has 86 valence electrons. The van der Waals surface area contributed by atoms with Crippen molar-refractivity contribution in [3.8, 4) is 0 Å². The van der Waals surface area contributed by atoms with Crippen LogP contribution in [-0.4, -0.2) is 33.8 Å². The molecule has 0 radical (unpaired) electrons. The number of nitrogens with zero attached hydrogens (tertiary/aromatic N) is 1. The molecule has 0 bridgehead atoms. The smallest absolute Gasteiger partial charge is 0.242 e. The summed E-state index contributed by atoms with van der Waals surface area (Å²) in [6, 6.07) is 0. The van der Waals surface area contributed by atoms with Gasteiger partial charge in [-0.1, -0.05) is 20.8 Å². The van der Waals surface area contributed by atoms with E-state index in [1.54, 1.807) is 18.8 Å². The number of rotatable bonds is 4. The summed E-state index contributed by atoms with van der Waals surface area (Å²) in [6.07, 6.45) is 2.42. The fourth-order valence-corrected chi connectivity index (χ4v) is 3.08. The summed E-state index contributed by atoms with van der Waals surface area (Å²) in [5, 5.41) is -0.160. The van der Waals surface area contributed by atoms with Gasteiger partial charge in [-0.15, -0.1) is 11.8 Å². The van der Waals surface area contributed by atoms with Gasteiger partial charge in [-0.2, -0.15) is 0 Å². The van der Waals surface area contributed by atoms with Gasteiger partial charge in [0.2, 0.25) is 11.8 Å². The molecule has 0 saturated carbocycles. The van der Waals surface area contributed by atoms with E-state index in [2.05, 4.69) is 20.8 Å². The number of hydrogen-bond donors (Lipinski definition) is 0. The molecular weight excluding hydrogens is 210 g/mol. The summed E-state index contributed by atoms with van der Waals surface area (Å²) in [5.74, 6) is -0.0785. The van der Waals surface area contributed by atoms with E-state index in [0.29, 0.717) is 6.42 Å². The second-order valence-electron chi connectivity index (χ2n) is 4.26. The molecule has 4 heteroatoms. The van der Waals surface area contributed by atoms with Crippen molar-refractivity contribution in [2.24, 2.45) is 0 Å². The highest BCUT2D eigenvalue weighted by Crippen LogP contribution is 2.38. The molecule has 2 amide bonds. The predicted octanol–water partition coefficient (Wildman–Crippen LogP) is 2.06. The first-order chi connectivity index (χ1) is 6.93. The zero-order valence-electron chi connectivity index (χ0n) is 9.87. The highest BCUT2D eigenvalue weighted by atomic mass is 32.2. The molecule has 3 nitrogen and oxygen atoms in total. The van der Waals surface area contributed by atoms with Gasteiger partial charge in [-0.3, -0.25) is 14.5 Å². The molecular formula is C11H19NO2S. The Kier molecular flexibility index (Phi) is 3.82. The lowest BCUT2D eigenvalue weighted by Gasteiger charge is -2.28. The van der Waals surface area contributed by atoms with E-state index in [1.807, 2.05) is 0 Å². The lowest BCUT2D eigenvalue weighted by molar-refractivity contribution is -0.136. The van der Waals surface area contributed by atoms with Crippen LogP contribution in [0.2, 0.25) is 0 Å². The van der Waals surface area contributed by atoms with Crippen LogP contribution in [0.25, 0.3) is 0 Å². The zero-order valence-corrected chi connectivity index (χ0v) is 10.7. The fraction of sp³-hybridized carbons (Fsp3) is 0.818. The first-order valence-electron chi connectivity index (χ1n) is 5.41. The summed E-state index contributed by atoms with van der Waals surface area (Å²) in [6.45, 7) is 6.41. The fourth-order valence-electron chi connectivity index (χ4n) is 1.57. The van der Waals surface area contributed by atoms with Gasteiger partial charge in [0.15, 0.2) is 0 Å². The maximum Gasteiger partial charge on any atom is 0.242 e. The van der Waals surface area contributed by atoms with Gasteiger partial charge in [0.25, 0.3) is 0 Å². The molecule has 1 atom stereocenters. The molecule has 0 spiro atoms. The van der Waals surface area contributed by atoms with Crippen LogP contribution in [0.4, 0.5) is 0 Å². The van der Waals surface area contributed by atoms with E-state index in [4.69, 9.17) is 0 Å². The molecule has 15 heavy (non-hydrogen) atoms. The van der Waals surface area contributed by atoms with Gasteiger partial charge in [0, 0.05) is 18.2 Å². The van der Waals surface area contributed by atoms with E-state index in [1.165, 1.54) is 4.90 Å². The van der Waals surface area contributed by atoms with Crippen LogP contribution in [0.3, 0.4) is 0 Å². The van der Waals surface area contributed by atoms with E-state index in [9.17, 15) is 9.59 Å². The third kappa shape index (κ3) is 2.54. The number of imide groups is 1. The van der Waals surface area contributed by atoms with Crippen molar-refractivity contribution in [3.05, 3.63) is 0 Å². The monoisotopic (exact) mass is 229 g/mol. The molecule has 1 rings (SSSR count). The van der Waals surface area contributed by atoms with E-state index in [0.717, 1.165) is 12.8 Å². The summed E-state index contributed by atoms with van der Waals surface area (Å²) in [7, 11) is 1.57. The molecule has 0 aromatic rings. The van der Waals surface area contributed by atoms with Gasteiger partial charge in [0.05, 0.1) is 5.25 Å². The van der Waals surface area contributed by atoms with Crippen LogP contribution >= 0.6 is 11.8 Å². The van der Waals surface area contributed by atoms with Gasteiger partial charge < -0.3 is 0 Å². The molecule has 1 fully saturated rings. The van der Waals surface area contributed by atoms with Gasteiger partial charge in [0.1, 0.15) is 0 Å². The number of carbonyl (C=O) groups is 2. The normalized spacial score (nSPS) is 22.7. The van der Waals surface area contributed by atoms with Crippen LogP contribution in [0.5, 0.6) is 0 Å². The van der Waals surface area contributed by atoms with E-state index >= 15 is 0 Å². The molecule has 1 heterocycles. The topological polar surface area (TPSA) is 37.4 Å². The number of carbonyl (C=O) groups excluding carboxylic acids is 2. The molecule has 0 aromatic carbocycles. The van der Waals surface area contributed by atoms with Crippen LogP contribution in [0.15, 0.2) is 0 Å². The second kappa shape index (κ2) is 4.56. The van der Waals surface area contributed by atoms with E-state index in [-0.39, 0.29) is 21.8 Å². The highest BCUT2D eigenvalue weighted by Gasteiger charge is 2.39. The molecule has 1 aliphatic heterocycles.